The van der Waals surface area contributed by atoms with Gasteiger partial charge in [0.25, 0.3) is 0 Å². The van der Waals surface area contributed by atoms with Gasteiger partial charge in [0.2, 0.25) is 0 Å². The van der Waals surface area contributed by atoms with Gasteiger partial charge in [-0.2, -0.15) is 0 Å². The number of rotatable bonds is 4. The molecule has 0 radical (unpaired) electrons. The first-order valence-electron chi connectivity index (χ1n) is 7.78. The summed E-state index contributed by atoms with van der Waals surface area (Å²) >= 11 is 0. The van der Waals surface area contributed by atoms with Crippen LogP contribution in [0.4, 0.5) is 0 Å². The van der Waals surface area contributed by atoms with Gasteiger partial charge < -0.3 is 14.5 Å². The number of imidazole rings is 1. The highest BCUT2D eigenvalue weighted by Gasteiger charge is 2.13. The summed E-state index contributed by atoms with van der Waals surface area (Å²) < 4.78 is 10.5. The van der Waals surface area contributed by atoms with Crippen molar-refractivity contribution in [1.82, 2.24) is 19.9 Å². The monoisotopic (exact) mass is 332 g/mol. The number of hydrogen-bond donors (Lipinski definition) is 1. The number of ether oxygens (including phenoxy) is 2. The van der Waals surface area contributed by atoms with E-state index in [1.807, 2.05) is 48.5 Å². The number of methoxy groups -OCH3 is 2. The molecular formula is C19H16N4O2. The maximum Gasteiger partial charge on any atom is 0.181 e. The smallest absolute Gasteiger partial charge is 0.181 e. The van der Waals surface area contributed by atoms with Crippen LogP contribution in [-0.2, 0) is 0 Å². The van der Waals surface area contributed by atoms with Crippen LogP contribution in [0.3, 0.4) is 0 Å². The van der Waals surface area contributed by atoms with Crippen molar-refractivity contribution in [2.75, 3.05) is 14.2 Å². The highest BCUT2D eigenvalue weighted by Crippen LogP contribution is 2.29. The number of benzene rings is 2. The lowest BCUT2D eigenvalue weighted by Crippen LogP contribution is -1.95. The summed E-state index contributed by atoms with van der Waals surface area (Å²) in [5.41, 5.74) is 4.04. The van der Waals surface area contributed by atoms with Crippen molar-refractivity contribution >= 4 is 11.2 Å². The molecule has 0 atom stereocenters. The van der Waals surface area contributed by atoms with E-state index in [0.29, 0.717) is 11.5 Å². The van der Waals surface area contributed by atoms with Crippen molar-refractivity contribution in [3.05, 3.63) is 54.9 Å². The molecule has 25 heavy (non-hydrogen) atoms. The van der Waals surface area contributed by atoms with Gasteiger partial charge in [0.05, 0.1) is 20.5 Å². The Labute approximate surface area is 144 Å². The first-order valence-corrected chi connectivity index (χ1v) is 7.78. The quantitative estimate of drug-likeness (QED) is 0.617. The second-order valence-electron chi connectivity index (χ2n) is 5.46. The van der Waals surface area contributed by atoms with Gasteiger partial charge in [-0.05, 0) is 36.4 Å². The Balaban J connectivity index is 1.89. The fraction of sp³-hybridized carbons (Fsp3) is 0.105. The summed E-state index contributed by atoms with van der Waals surface area (Å²) in [4.78, 5) is 16.8. The number of hydrogen-bond acceptors (Lipinski definition) is 5. The minimum Gasteiger partial charge on any atom is -0.497 e. The fourth-order valence-electron chi connectivity index (χ4n) is 2.68. The van der Waals surface area contributed by atoms with E-state index < -0.39 is 0 Å². The van der Waals surface area contributed by atoms with Gasteiger partial charge in [0.1, 0.15) is 22.7 Å². The Morgan fingerprint density at radius 2 is 1.64 bits per heavy atom. The van der Waals surface area contributed by atoms with Crippen molar-refractivity contribution in [3.63, 3.8) is 0 Å². The molecule has 2 heterocycles. The van der Waals surface area contributed by atoms with Crippen LogP contribution in [0.15, 0.2) is 54.9 Å². The average Bonchev–Trinajstić information content (AvgIpc) is 3.16. The van der Waals surface area contributed by atoms with Gasteiger partial charge in [0.15, 0.2) is 11.5 Å². The maximum atomic E-state index is 5.33. The third kappa shape index (κ3) is 2.78. The first kappa shape index (κ1) is 15.1. The van der Waals surface area contributed by atoms with Crippen LogP contribution in [0.1, 0.15) is 0 Å². The van der Waals surface area contributed by atoms with E-state index in [1.165, 1.54) is 0 Å². The molecule has 0 aliphatic carbocycles. The Morgan fingerprint density at radius 3 is 2.40 bits per heavy atom. The molecule has 0 fully saturated rings. The standard InChI is InChI=1S/C19H16N4O2/c1-24-14-8-6-12(7-9-14)18-22-16(17-19(23-18)21-11-20-17)13-4-3-5-15(10-13)25-2/h3-11H,1-2H3,(H,20,21,22,23). The number of aromatic nitrogens is 4. The van der Waals surface area contributed by atoms with E-state index >= 15 is 0 Å². The number of H-pyrrole nitrogens is 1. The van der Waals surface area contributed by atoms with Gasteiger partial charge in [-0.3, -0.25) is 0 Å². The fourth-order valence-corrected chi connectivity index (χ4v) is 2.68. The topological polar surface area (TPSA) is 72.9 Å². The van der Waals surface area contributed by atoms with Crippen molar-refractivity contribution in [2.45, 2.75) is 0 Å². The lowest BCUT2D eigenvalue weighted by Gasteiger charge is -2.08. The van der Waals surface area contributed by atoms with Crippen molar-refractivity contribution < 1.29 is 9.47 Å². The largest absolute Gasteiger partial charge is 0.497 e. The molecule has 4 rings (SSSR count). The molecule has 0 spiro atoms. The normalized spacial score (nSPS) is 10.8. The van der Waals surface area contributed by atoms with Crippen LogP contribution in [0.5, 0.6) is 11.5 Å². The maximum absolute atomic E-state index is 5.33. The predicted molar refractivity (Wildman–Crippen MR) is 95.7 cm³/mol. The second kappa shape index (κ2) is 6.24. The summed E-state index contributed by atoms with van der Waals surface area (Å²) in [6, 6.07) is 15.4. The lowest BCUT2D eigenvalue weighted by atomic mass is 10.1. The molecule has 0 saturated heterocycles. The minimum absolute atomic E-state index is 0.611. The summed E-state index contributed by atoms with van der Waals surface area (Å²) in [7, 11) is 3.29. The van der Waals surface area contributed by atoms with E-state index in [2.05, 4.69) is 15.0 Å². The van der Waals surface area contributed by atoms with Crippen LogP contribution in [0, 0.1) is 0 Å². The van der Waals surface area contributed by atoms with Gasteiger partial charge in [-0.15, -0.1) is 0 Å². The van der Waals surface area contributed by atoms with Gasteiger partial charge >= 0.3 is 0 Å². The molecule has 0 bridgehead atoms. The first-order chi connectivity index (χ1) is 12.3. The van der Waals surface area contributed by atoms with Crippen LogP contribution in [-0.4, -0.2) is 34.2 Å². The second-order valence-corrected chi connectivity index (χ2v) is 5.46. The Morgan fingerprint density at radius 1 is 0.840 bits per heavy atom. The van der Waals surface area contributed by atoms with E-state index in [1.54, 1.807) is 20.5 Å². The van der Waals surface area contributed by atoms with Crippen molar-refractivity contribution in [2.24, 2.45) is 0 Å². The van der Waals surface area contributed by atoms with E-state index in [4.69, 9.17) is 14.5 Å². The van der Waals surface area contributed by atoms with Gasteiger partial charge in [-0.1, -0.05) is 12.1 Å². The number of nitrogens with one attached hydrogen (secondary N) is 1. The zero-order valence-corrected chi connectivity index (χ0v) is 13.9. The molecule has 0 aliphatic rings. The van der Waals surface area contributed by atoms with E-state index in [9.17, 15) is 0 Å². The van der Waals surface area contributed by atoms with Crippen LogP contribution >= 0.6 is 0 Å². The van der Waals surface area contributed by atoms with Crippen LogP contribution in [0.2, 0.25) is 0 Å². The number of nitrogens with zero attached hydrogens (tertiary/aromatic N) is 3. The molecule has 1 N–H and O–H groups in total. The third-order valence-electron chi connectivity index (χ3n) is 3.98. The third-order valence-corrected chi connectivity index (χ3v) is 3.98. The molecule has 0 amide bonds. The predicted octanol–water partition coefficient (Wildman–Crippen LogP) is 3.70. The molecule has 6 nitrogen and oxygen atoms in total. The van der Waals surface area contributed by atoms with E-state index in [0.717, 1.165) is 33.8 Å². The zero-order valence-electron chi connectivity index (χ0n) is 13.9. The van der Waals surface area contributed by atoms with Crippen molar-refractivity contribution in [3.8, 4) is 34.1 Å². The SMILES string of the molecule is COc1ccc(-c2nc(-c3cccc(OC)c3)c3[nH]cnc3n2)cc1. The Hall–Kier alpha value is -3.41. The number of aromatic amines is 1. The molecular weight excluding hydrogens is 316 g/mol. The highest BCUT2D eigenvalue weighted by atomic mass is 16.5. The summed E-state index contributed by atoms with van der Waals surface area (Å²) in [6.45, 7) is 0. The lowest BCUT2D eigenvalue weighted by molar-refractivity contribution is 0.415. The summed E-state index contributed by atoms with van der Waals surface area (Å²) in [6.07, 6.45) is 1.63. The Kier molecular flexibility index (Phi) is 3.78. The van der Waals surface area contributed by atoms with Crippen LogP contribution in [0.25, 0.3) is 33.8 Å². The molecule has 0 aliphatic heterocycles. The molecule has 6 heteroatoms. The minimum atomic E-state index is 0.611. The Bertz CT molecular complexity index is 1030. The van der Waals surface area contributed by atoms with Gasteiger partial charge in [-0.25, -0.2) is 15.0 Å². The van der Waals surface area contributed by atoms with E-state index in [-0.39, 0.29) is 0 Å². The highest BCUT2D eigenvalue weighted by molar-refractivity contribution is 5.88. The molecule has 2 aromatic heterocycles. The van der Waals surface area contributed by atoms with Crippen LogP contribution < -0.4 is 9.47 Å². The zero-order chi connectivity index (χ0) is 17.2. The molecule has 4 aromatic rings. The summed E-state index contributed by atoms with van der Waals surface area (Å²) in [5.74, 6) is 2.17. The summed E-state index contributed by atoms with van der Waals surface area (Å²) in [5, 5.41) is 0. The number of fused-ring (bicyclic) bond motifs is 1. The van der Waals surface area contributed by atoms with Gasteiger partial charge in [0, 0.05) is 11.1 Å². The molecule has 0 unspecified atom stereocenters. The average molecular weight is 332 g/mol. The molecule has 2 aromatic carbocycles. The van der Waals surface area contributed by atoms with Crippen molar-refractivity contribution in [1.29, 1.82) is 0 Å². The molecule has 124 valence electrons. The molecule has 0 saturated carbocycles.